The van der Waals surface area contributed by atoms with Crippen molar-refractivity contribution in [3.63, 3.8) is 0 Å². The number of carbonyl (C=O) groups excluding carboxylic acids is 2. The molecule has 1 saturated heterocycles. The number of fused-ring (bicyclic) bond motifs is 1. The maximum absolute atomic E-state index is 12.5. The van der Waals surface area contributed by atoms with E-state index in [-0.39, 0.29) is 18.2 Å². The zero-order valence-corrected chi connectivity index (χ0v) is 15.7. The molecule has 1 atom stereocenters. The predicted octanol–water partition coefficient (Wildman–Crippen LogP) is 1.77. The zero-order chi connectivity index (χ0) is 19.7. The number of rotatable bonds is 2. The predicted molar refractivity (Wildman–Crippen MR) is 105 cm³/mol. The lowest BCUT2D eigenvalue weighted by molar-refractivity contribution is -0.137. The monoisotopic (exact) mass is 375 g/mol. The van der Waals surface area contributed by atoms with Gasteiger partial charge in [-0.2, -0.15) is 0 Å². The van der Waals surface area contributed by atoms with Gasteiger partial charge >= 0.3 is 0 Å². The number of amides is 2. The maximum Gasteiger partial charge on any atom is 0.274 e. The Morgan fingerprint density at radius 1 is 1.29 bits per heavy atom. The fourth-order valence-corrected chi connectivity index (χ4v) is 3.59. The van der Waals surface area contributed by atoms with Crippen LogP contribution >= 0.6 is 0 Å². The number of aliphatic hydroxyl groups is 1. The van der Waals surface area contributed by atoms with E-state index in [0.29, 0.717) is 23.5 Å². The number of hydrogen-bond donors (Lipinski definition) is 2. The van der Waals surface area contributed by atoms with Crippen LogP contribution in [0.25, 0.3) is 0 Å². The standard InChI is InChI=1S/C22H21N3O3/c1-25-11-10-22(28,21(25)27)9-8-15-4-2-7-18(12-15)24-20(26)19-13-16-5-3-6-17(16)14-23-19/h2,4,7,12-14,28H,3,5-6,10-11H2,1H3,(H,24,26)/t22-/m0/s1. The lowest BCUT2D eigenvalue weighted by atomic mass is 10.0. The molecule has 1 aromatic carbocycles. The van der Waals surface area contributed by atoms with Crippen LogP contribution in [0.5, 0.6) is 0 Å². The highest BCUT2D eigenvalue weighted by Crippen LogP contribution is 2.23. The number of benzene rings is 1. The van der Waals surface area contributed by atoms with Gasteiger partial charge < -0.3 is 15.3 Å². The van der Waals surface area contributed by atoms with E-state index in [1.807, 2.05) is 6.07 Å². The van der Waals surface area contributed by atoms with Crippen LogP contribution in [0.3, 0.4) is 0 Å². The van der Waals surface area contributed by atoms with Crippen molar-refractivity contribution < 1.29 is 14.7 Å². The smallest absolute Gasteiger partial charge is 0.274 e. The van der Waals surface area contributed by atoms with Crippen LogP contribution in [0.2, 0.25) is 0 Å². The molecule has 1 aliphatic heterocycles. The molecule has 2 aromatic rings. The van der Waals surface area contributed by atoms with Gasteiger partial charge in [0, 0.05) is 37.5 Å². The first-order valence-electron chi connectivity index (χ1n) is 9.35. The minimum absolute atomic E-state index is 0.272. The Hall–Kier alpha value is -3.17. The van der Waals surface area contributed by atoms with E-state index < -0.39 is 5.60 Å². The van der Waals surface area contributed by atoms with Crippen LogP contribution in [0, 0.1) is 11.8 Å². The summed E-state index contributed by atoms with van der Waals surface area (Å²) in [5.41, 5.74) is 2.36. The second-order valence-electron chi connectivity index (χ2n) is 7.31. The lowest BCUT2D eigenvalue weighted by Gasteiger charge is -2.13. The van der Waals surface area contributed by atoms with Gasteiger partial charge in [0.15, 0.2) is 0 Å². The van der Waals surface area contributed by atoms with E-state index >= 15 is 0 Å². The molecule has 142 valence electrons. The summed E-state index contributed by atoms with van der Waals surface area (Å²) >= 11 is 0. The number of nitrogens with zero attached hydrogens (tertiary/aromatic N) is 2. The van der Waals surface area contributed by atoms with Crippen molar-refractivity contribution >= 4 is 17.5 Å². The Kier molecular flexibility index (Phi) is 4.62. The minimum Gasteiger partial charge on any atom is -0.369 e. The topological polar surface area (TPSA) is 82.5 Å². The summed E-state index contributed by atoms with van der Waals surface area (Å²) in [7, 11) is 1.64. The van der Waals surface area contributed by atoms with Gasteiger partial charge in [-0.3, -0.25) is 14.6 Å². The van der Waals surface area contributed by atoms with Gasteiger partial charge in [0.25, 0.3) is 11.8 Å². The first-order chi connectivity index (χ1) is 13.4. The van der Waals surface area contributed by atoms with E-state index in [2.05, 4.69) is 22.1 Å². The molecule has 0 radical (unpaired) electrons. The maximum atomic E-state index is 12.5. The van der Waals surface area contributed by atoms with E-state index in [9.17, 15) is 14.7 Å². The van der Waals surface area contributed by atoms with Gasteiger partial charge in [0.05, 0.1) is 0 Å². The van der Waals surface area contributed by atoms with Gasteiger partial charge in [-0.25, -0.2) is 0 Å². The van der Waals surface area contributed by atoms with Crippen molar-refractivity contribution in [3.8, 4) is 11.8 Å². The Bertz CT molecular complexity index is 1020. The van der Waals surface area contributed by atoms with Gasteiger partial charge in [0.2, 0.25) is 5.60 Å². The number of aromatic nitrogens is 1. The highest BCUT2D eigenvalue weighted by molar-refractivity contribution is 6.03. The molecule has 4 rings (SSSR count). The molecule has 6 nitrogen and oxygen atoms in total. The number of nitrogens with one attached hydrogen (secondary N) is 1. The lowest BCUT2D eigenvalue weighted by Crippen LogP contribution is -2.37. The van der Waals surface area contributed by atoms with Gasteiger partial charge in [0.1, 0.15) is 5.69 Å². The van der Waals surface area contributed by atoms with Crippen LogP contribution in [0.4, 0.5) is 5.69 Å². The van der Waals surface area contributed by atoms with Crippen molar-refractivity contribution in [1.29, 1.82) is 0 Å². The minimum atomic E-state index is -1.64. The number of carbonyl (C=O) groups is 2. The molecule has 2 amide bonds. The van der Waals surface area contributed by atoms with Crippen LogP contribution in [-0.2, 0) is 17.6 Å². The van der Waals surface area contributed by atoms with Crippen LogP contribution in [-0.4, -0.2) is 46.0 Å². The van der Waals surface area contributed by atoms with Gasteiger partial charge in [-0.15, -0.1) is 0 Å². The summed E-state index contributed by atoms with van der Waals surface area (Å²) in [5.74, 6) is 4.88. The van der Waals surface area contributed by atoms with Crippen molar-refractivity contribution in [3.05, 3.63) is 58.9 Å². The summed E-state index contributed by atoms with van der Waals surface area (Å²) in [4.78, 5) is 30.3. The zero-order valence-electron chi connectivity index (χ0n) is 15.7. The molecule has 0 unspecified atom stereocenters. The Morgan fingerprint density at radius 3 is 2.89 bits per heavy atom. The SMILES string of the molecule is CN1CC[C@@](O)(C#Cc2cccc(NC(=O)c3cc4c(cn3)CCC4)c2)C1=O. The molecule has 2 heterocycles. The second kappa shape index (κ2) is 7.10. The first kappa shape index (κ1) is 18.2. The van der Waals surface area contributed by atoms with E-state index in [1.54, 1.807) is 37.5 Å². The molecule has 0 spiro atoms. The molecule has 6 heteroatoms. The number of aryl methyl sites for hydroxylation is 2. The Balaban J connectivity index is 1.50. The van der Waals surface area contributed by atoms with E-state index in [4.69, 9.17) is 0 Å². The molecular weight excluding hydrogens is 354 g/mol. The molecule has 2 aliphatic rings. The molecular formula is C22H21N3O3. The van der Waals surface area contributed by atoms with Gasteiger partial charge in [-0.1, -0.05) is 17.9 Å². The van der Waals surface area contributed by atoms with Crippen LogP contribution in [0.1, 0.15) is 40.0 Å². The average molecular weight is 375 g/mol. The fraction of sp³-hybridized carbons (Fsp3) is 0.318. The van der Waals surface area contributed by atoms with Crippen molar-refractivity contribution in [1.82, 2.24) is 9.88 Å². The number of hydrogen-bond acceptors (Lipinski definition) is 4. The van der Waals surface area contributed by atoms with Crippen molar-refractivity contribution in [2.75, 3.05) is 18.9 Å². The van der Waals surface area contributed by atoms with E-state index in [0.717, 1.165) is 19.3 Å². The highest BCUT2D eigenvalue weighted by atomic mass is 16.3. The number of pyridine rings is 1. The second-order valence-corrected chi connectivity index (χ2v) is 7.31. The number of likely N-dealkylation sites (tertiary alicyclic amines) is 1. The normalized spacial score (nSPS) is 20.5. The van der Waals surface area contributed by atoms with E-state index in [1.165, 1.54) is 16.0 Å². The molecule has 0 saturated carbocycles. The third kappa shape index (κ3) is 3.49. The molecule has 28 heavy (non-hydrogen) atoms. The highest BCUT2D eigenvalue weighted by Gasteiger charge is 2.42. The number of anilines is 1. The fourth-order valence-electron chi connectivity index (χ4n) is 3.59. The Labute approximate surface area is 163 Å². The summed E-state index contributed by atoms with van der Waals surface area (Å²) in [6, 6.07) is 8.87. The molecule has 2 N–H and O–H groups in total. The summed E-state index contributed by atoms with van der Waals surface area (Å²) in [6.07, 6.45) is 5.19. The third-order valence-corrected chi connectivity index (χ3v) is 5.25. The summed E-state index contributed by atoms with van der Waals surface area (Å²) < 4.78 is 0. The average Bonchev–Trinajstić information content (AvgIpc) is 3.27. The molecule has 0 bridgehead atoms. The quantitative estimate of drug-likeness (QED) is 0.784. The molecule has 1 aliphatic carbocycles. The Morgan fingerprint density at radius 2 is 2.11 bits per heavy atom. The van der Waals surface area contributed by atoms with Crippen molar-refractivity contribution in [2.24, 2.45) is 0 Å². The van der Waals surface area contributed by atoms with Crippen molar-refractivity contribution in [2.45, 2.75) is 31.3 Å². The molecule has 1 fully saturated rings. The summed E-state index contributed by atoms with van der Waals surface area (Å²) in [6.45, 7) is 0.480. The third-order valence-electron chi connectivity index (χ3n) is 5.25. The van der Waals surface area contributed by atoms with Gasteiger partial charge in [-0.05, 0) is 54.7 Å². The molecule has 1 aromatic heterocycles. The largest absolute Gasteiger partial charge is 0.369 e. The number of likely N-dealkylation sites (N-methyl/N-ethyl adjacent to an activating group) is 1. The van der Waals surface area contributed by atoms with Crippen LogP contribution < -0.4 is 5.32 Å². The van der Waals surface area contributed by atoms with Crippen LogP contribution in [0.15, 0.2) is 36.5 Å². The first-order valence-corrected chi connectivity index (χ1v) is 9.35. The summed E-state index contributed by atoms with van der Waals surface area (Å²) in [5, 5.41) is 13.2.